The minimum absolute atomic E-state index is 0.0159. The van der Waals surface area contributed by atoms with Crippen LogP contribution < -0.4 is 10.1 Å². The Morgan fingerprint density at radius 3 is 2.38 bits per heavy atom. The predicted octanol–water partition coefficient (Wildman–Crippen LogP) is 2.51. The maximum absolute atomic E-state index is 12.5. The van der Waals surface area contributed by atoms with Crippen LogP contribution in [0.15, 0.2) is 48.5 Å². The maximum Gasteiger partial charge on any atom is 0.337 e. The number of rotatable bonds is 7. The highest BCUT2D eigenvalue weighted by molar-refractivity contribution is 5.97. The Hall–Kier alpha value is -2.86. The molecule has 0 bridgehead atoms. The van der Waals surface area contributed by atoms with Gasteiger partial charge in [0.05, 0.1) is 25.8 Å². The Bertz CT molecular complexity index is 774. The van der Waals surface area contributed by atoms with E-state index in [4.69, 9.17) is 9.47 Å². The Kier molecular flexibility index (Phi) is 6.74. The van der Waals surface area contributed by atoms with Crippen molar-refractivity contribution in [2.75, 3.05) is 34.9 Å². The number of carbonyl (C=O) groups is 2. The van der Waals surface area contributed by atoms with Crippen LogP contribution in [0.1, 0.15) is 32.3 Å². The third kappa shape index (κ3) is 4.83. The average molecular weight is 356 g/mol. The molecule has 1 atom stereocenters. The van der Waals surface area contributed by atoms with Crippen LogP contribution in [-0.2, 0) is 4.74 Å². The van der Waals surface area contributed by atoms with Crippen LogP contribution in [0.4, 0.5) is 0 Å². The molecular weight excluding hydrogens is 332 g/mol. The number of methoxy groups -OCH3 is 2. The second-order valence-electron chi connectivity index (χ2n) is 6.04. The molecule has 1 amide bonds. The molecule has 0 radical (unpaired) electrons. The van der Waals surface area contributed by atoms with E-state index in [2.05, 4.69) is 5.32 Å². The van der Waals surface area contributed by atoms with E-state index in [1.165, 1.54) is 13.2 Å². The molecule has 0 aromatic heterocycles. The van der Waals surface area contributed by atoms with Gasteiger partial charge in [0, 0.05) is 12.1 Å². The van der Waals surface area contributed by atoms with Crippen molar-refractivity contribution in [1.29, 1.82) is 0 Å². The number of amides is 1. The molecule has 138 valence electrons. The van der Waals surface area contributed by atoms with Gasteiger partial charge in [-0.05, 0) is 50.0 Å². The van der Waals surface area contributed by atoms with Crippen LogP contribution in [0, 0.1) is 0 Å². The quantitative estimate of drug-likeness (QED) is 0.772. The first-order valence-electron chi connectivity index (χ1n) is 8.23. The van der Waals surface area contributed by atoms with Crippen molar-refractivity contribution in [1.82, 2.24) is 10.2 Å². The molecule has 6 heteroatoms. The van der Waals surface area contributed by atoms with Gasteiger partial charge in [-0.25, -0.2) is 4.79 Å². The highest BCUT2D eigenvalue weighted by atomic mass is 16.5. The molecule has 1 N–H and O–H groups in total. The average Bonchev–Trinajstić information content (AvgIpc) is 2.67. The lowest BCUT2D eigenvalue weighted by atomic mass is 10.0. The second-order valence-corrected chi connectivity index (χ2v) is 6.04. The molecule has 0 heterocycles. The molecular formula is C20H24N2O4. The van der Waals surface area contributed by atoms with Crippen molar-refractivity contribution in [3.63, 3.8) is 0 Å². The Labute approximate surface area is 153 Å². The van der Waals surface area contributed by atoms with Crippen molar-refractivity contribution in [2.24, 2.45) is 0 Å². The van der Waals surface area contributed by atoms with Crippen molar-refractivity contribution in [3.8, 4) is 5.75 Å². The largest absolute Gasteiger partial charge is 0.497 e. The fourth-order valence-electron chi connectivity index (χ4n) is 2.64. The molecule has 0 saturated carbocycles. The number of carbonyl (C=O) groups excluding carboxylic acids is 2. The van der Waals surface area contributed by atoms with Gasteiger partial charge in [0.2, 0.25) is 0 Å². The van der Waals surface area contributed by atoms with Gasteiger partial charge in [-0.1, -0.05) is 18.2 Å². The third-order valence-electron chi connectivity index (χ3n) is 4.10. The summed E-state index contributed by atoms with van der Waals surface area (Å²) in [6.07, 6.45) is 0. The molecule has 0 aliphatic rings. The van der Waals surface area contributed by atoms with E-state index in [0.717, 1.165) is 11.3 Å². The molecule has 2 aromatic carbocycles. The molecule has 0 spiro atoms. The monoisotopic (exact) mass is 356 g/mol. The van der Waals surface area contributed by atoms with Gasteiger partial charge in [-0.3, -0.25) is 4.79 Å². The molecule has 0 aliphatic carbocycles. The summed E-state index contributed by atoms with van der Waals surface area (Å²) in [4.78, 5) is 26.1. The lowest BCUT2D eigenvalue weighted by Crippen LogP contribution is -2.34. The van der Waals surface area contributed by atoms with E-state index < -0.39 is 5.97 Å². The van der Waals surface area contributed by atoms with Crippen molar-refractivity contribution < 1.29 is 19.1 Å². The second kappa shape index (κ2) is 9.01. The Balaban J connectivity index is 2.11. The van der Waals surface area contributed by atoms with E-state index in [1.54, 1.807) is 25.3 Å². The number of hydrogen-bond donors (Lipinski definition) is 1. The molecule has 0 fully saturated rings. The first-order valence-corrected chi connectivity index (χ1v) is 8.23. The molecule has 0 saturated heterocycles. The van der Waals surface area contributed by atoms with Crippen LogP contribution in [0.2, 0.25) is 0 Å². The van der Waals surface area contributed by atoms with Crippen LogP contribution >= 0.6 is 0 Å². The zero-order valence-electron chi connectivity index (χ0n) is 15.5. The fourth-order valence-corrected chi connectivity index (χ4v) is 2.64. The number of benzene rings is 2. The van der Waals surface area contributed by atoms with E-state index >= 15 is 0 Å². The topological polar surface area (TPSA) is 67.9 Å². The zero-order chi connectivity index (χ0) is 19.1. The summed E-state index contributed by atoms with van der Waals surface area (Å²) < 4.78 is 9.97. The van der Waals surface area contributed by atoms with Gasteiger partial charge in [-0.2, -0.15) is 0 Å². The Morgan fingerprint density at radius 2 is 1.73 bits per heavy atom. The van der Waals surface area contributed by atoms with Crippen LogP contribution in [-0.4, -0.2) is 51.6 Å². The molecule has 2 aromatic rings. The molecule has 6 nitrogen and oxygen atoms in total. The number of ether oxygens (including phenoxy) is 2. The first kappa shape index (κ1) is 19.5. The highest BCUT2D eigenvalue weighted by Gasteiger charge is 2.17. The third-order valence-corrected chi connectivity index (χ3v) is 4.10. The van der Waals surface area contributed by atoms with E-state index in [9.17, 15) is 9.59 Å². The Morgan fingerprint density at radius 1 is 1.04 bits per heavy atom. The highest BCUT2D eigenvalue weighted by Crippen LogP contribution is 2.22. The lowest BCUT2D eigenvalue weighted by molar-refractivity contribution is 0.0600. The van der Waals surface area contributed by atoms with Crippen LogP contribution in [0.5, 0.6) is 5.75 Å². The number of esters is 1. The number of likely N-dealkylation sites (N-methyl/N-ethyl adjacent to an activating group) is 1. The van der Waals surface area contributed by atoms with Crippen molar-refractivity contribution >= 4 is 11.9 Å². The number of hydrogen-bond acceptors (Lipinski definition) is 5. The van der Waals surface area contributed by atoms with E-state index in [-0.39, 0.29) is 11.9 Å². The van der Waals surface area contributed by atoms with Crippen LogP contribution in [0.3, 0.4) is 0 Å². The molecule has 0 aliphatic heterocycles. The summed E-state index contributed by atoms with van der Waals surface area (Å²) in [7, 11) is 6.84. The molecule has 1 unspecified atom stereocenters. The summed E-state index contributed by atoms with van der Waals surface area (Å²) in [5.41, 5.74) is 1.80. The van der Waals surface area contributed by atoms with Gasteiger partial charge in [-0.15, -0.1) is 0 Å². The minimum atomic E-state index is -0.470. The summed E-state index contributed by atoms with van der Waals surface area (Å²) in [5.74, 6) is 0.0548. The van der Waals surface area contributed by atoms with Gasteiger partial charge in [0.25, 0.3) is 5.91 Å². The summed E-state index contributed by atoms with van der Waals surface area (Å²) >= 11 is 0. The van der Waals surface area contributed by atoms with Crippen molar-refractivity contribution in [3.05, 3.63) is 65.2 Å². The standard InChI is InChI=1S/C20H24N2O4/c1-22(2)18(14-7-6-10-17(12-14)25-3)13-21-19(23)15-8-5-9-16(11-15)20(24)26-4/h5-12,18H,13H2,1-4H3,(H,21,23). The van der Waals surface area contributed by atoms with Gasteiger partial charge in [0.1, 0.15) is 5.75 Å². The van der Waals surface area contributed by atoms with Crippen LogP contribution in [0.25, 0.3) is 0 Å². The number of nitrogens with one attached hydrogen (secondary N) is 1. The summed E-state index contributed by atoms with van der Waals surface area (Å²) in [6, 6.07) is 14.2. The zero-order valence-corrected chi connectivity index (χ0v) is 15.5. The molecule has 26 heavy (non-hydrogen) atoms. The minimum Gasteiger partial charge on any atom is -0.497 e. The van der Waals surface area contributed by atoms with E-state index in [1.807, 2.05) is 43.3 Å². The number of nitrogens with zero attached hydrogens (tertiary/aromatic N) is 1. The van der Waals surface area contributed by atoms with Gasteiger partial charge >= 0.3 is 5.97 Å². The SMILES string of the molecule is COC(=O)c1cccc(C(=O)NCC(c2cccc(OC)c2)N(C)C)c1. The first-order chi connectivity index (χ1) is 12.5. The summed E-state index contributed by atoms with van der Waals surface area (Å²) in [6.45, 7) is 0.418. The normalized spacial score (nSPS) is 11.7. The lowest BCUT2D eigenvalue weighted by Gasteiger charge is -2.25. The maximum atomic E-state index is 12.5. The summed E-state index contributed by atoms with van der Waals surface area (Å²) in [5, 5.41) is 2.93. The smallest absolute Gasteiger partial charge is 0.337 e. The van der Waals surface area contributed by atoms with Gasteiger partial charge in [0.15, 0.2) is 0 Å². The fraction of sp³-hybridized carbons (Fsp3) is 0.300. The predicted molar refractivity (Wildman–Crippen MR) is 99.5 cm³/mol. The van der Waals surface area contributed by atoms with Gasteiger partial charge < -0.3 is 19.7 Å². The molecule has 2 rings (SSSR count). The van der Waals surface area contributed by atoms with E-state index in [0.29, 0.717) is 17.7 Å². The van der Waals surface area contributed by atoms with Crippen molar-refractivity contribution in [2.45, 2.75) is 6.04 Å².